The first-order chi connectivity index (χ1) is 6.22. The molecule has 1 heterocycles. The van der Waals surface area contributed by atoms with Gasteiger partial charge in [0.15, 0.2) is 0 Å². The van der Waals surface area contributed by atoms with Crippen LogP contribution in [0.3, 0.4) is 0 Å². The van der Waals surface area contributed by atoms with Gasteiger partial charge in [-0.25, -0.2) is 0 Å². The molecule has 3 nitrogen and oxygen atoms in total. The predicted molar refractivity (Wildman–Crippen MR) is 52.7 cm³/mol. The zero-order valence-electron chi connectivity index (χ0n) is 8.61. The van der Waals surface area contributed by atoms with E-state index in [1.807, 2.05) is 0 Å². The maximum atomic E-state index is 9.20. The zero-order chi connectivity index (χ0) is 9.42. The molecule has 2 aliphatic rings. The lowest BCUT2D eigenvalue weighted by Crippen LogP contribution is -2.57. The Morgan fingerprint density at radius 2 is 2.00 bits per heavy atom. The highest BCUT2D eigenvalue weighted by Gasteiger charge is 2.37. The Balaban J connectivity index is 1.96. The fourth-order valence-corrected chi connectivity index (χ4v) is 2.35. The second-order valence-electron chi connectivity index (χ2n) is 4.55. The van der Waals surface area contributed by atoms with Crippen LogP contribution in [0.15, 0.2) is 0 Å². The molecule has 0 amide bonds. The van der Waals surface area contributed by atoms with Crippen molar-refractivity contribution < 1.29 is 5.11 Å². The Kier molecular flexibility index (Phi) is 2.58. The molecule has 2 rings (SSSR count). The number of likely N-dealkylation sites (N-methyl/N-ethyl adjacent to an activating group) is 1. The number of aliphatic hydroxyl groups excluding tert-OH is 1. The first kappa shape index (κ1) is 9.44. The highest BCUT2D eigenvalue weighted by atomic mass is 16.3. The zero-order valence-corrected chi connectivity index (χ0v) is 8.61. The summed E-state index contributed by atoms with van der Waals surface area (Å²) in [6, 6.07) is 1.86. The summed E-state index contributed by atoms with van der Waals surface area (Å²) >= 11 is 0. The predicted octanol–water partition coefficient (Wildman–Crippen LogP) is 0.146. The molecule has 1 N–H and O–H groups in total. The van der Waals surface area contributed by atoms with Gasteiger partial charge in [-0.15, -0.1) is 0 Å². The third-order valence-corrected chi connectivity index (χ3v) is 3.39. The van der Waals surface area contributed by atoms with E-state index < -0.39 is 0 Å². The van der Waals surface area contributed by atoms with Gasteiger partial charge in [0, 0.05) is 31.2 Å². The lowest BCUT2D eigenvalue weighted by Gasteiger charge is -2.43. The Morgan fingerprint density at radius 3 is 2.54 bits per heavy atom. The minimum absolute atomic E-state index is 0.298. The summed E-state index contributed by atoms with van der Waals surface area (Å²) in [6.07, 6.45) is 2.73. The minimum atomic E-state index is 0.298. The van der Waals surface area contributed by atoms with Crippen molar-refractivity contribution in [1.29, 1.82) is 0 Å². The molecular weight excluding hydrogens is 164 g/mol. The Bertz CT molecular complexity index is 182. The first-order valence-corrected chi connectivity index (χ1v) is 5.29. The van der Waals surface area contributed by atoms with Crippen molar-refractivity contribution in [1.82, 2.24) is 9.80 Å². The largest absolute Gasteiger partial charge is 0.395 e. The van der Waals surface area contributed by atoms with Crippen LogP contribution < -0.4 is 0 Å². The molecule has 13 heavy (non-hydrogen) atoms. The van der Waals surface area contributed by atoms with Crippen molar-refractivity contribution in [2.75, 3.05) is 26.7 Å². The van der Waals surface area contributed by atoms with Crippen LogP contribution in [0, 0.1) is 0 Å². The molecule has 0 aromatic rings. The maximum Gasteiger partial charge on any atom is 0.0599 e. The van der Waals surface area contributed by atoms with Crippen LogP contribution in [0.5, 0.6) is 0 Å². The number of hydrogen-bond acceptors (Lipinski definition) is 3. The van der Waals surface area contributed by atoms with Gasteiger partial charge >= 0.3 is 0 Å². The average molecular weight is 184 g/mol. The quantitative estimate of drug-likeness (QED) is 0.661. The van der Waals surface area contributed by atoms with Crippen LogP contribution in [-0.2, 0) is 0 Å². The first-order valence-electron chi connectivity index (χ1n) is 5.29. The molecule has 1 aliphatic carbocycles. The maximum absolute atomic E-state index is 9.20. The van der Waals surface area contributed by atoms with Crippen molar-refractivity contribution in [3.8, 4) is 0 Å². The molecule has 0 aromatic heterocycles. The van der Waals surface area contributed by atoms with Crippen molar-refractivity contribution in [2.24, 2.45) is 0 Å². The number of hydrogen-bond donors (Lipinski definition) is 1. The average Bonchev–Trinajstić information content (AvgIpc) is 2.88. The molecule has 1 saturated heterocycles. The van der Waals surface area contributed by atoms with Gasteiger partial charge in [-0.05, 0) is 26.8 Å². The molecule has 2 atom stereocenters. The van der Waals surface area contributed by atoms with Crippen molar-refractivity contribution >= 4 is 0 Å². The summed E-state index contributed by atoms with van der Waals surface area (Å²) in [5.41, 5.74) is 0. The molecule has 3 heteroatoms. The molecule has 0 aromatic carbocycles. The SMILES string of the molecule is CC1CN(C)C(CO)CN1C1CC1. The second kappa shape index (κ2) is 3.56. The van der Waals surface area contributed by atoms with Crippen LogP contribution in [0.25, 0.3) is 0 Å². The molecular formula is C10H20N2O. The van der Waals surface area contributed by atoms with Gasteiger partial charge in [0.1, 0.15) is 0 Å². The molecule has 2 fully saturated rings. The number of rotatable bonds is 2. The van der Waals surface area contributed by atoms with Gasteiger partial charge in [0.25, 0.3) is 0 Å². The third-order valence-electron chi connectivity index (χ3n) is 3.39. The van der Waals surface area contributed by atoms with E-state index >= 15 is 0 Å². The topological polar surface area (TPSA) is 26.7 Å². The van der Waals surface area contributed by atoms with Gasteiger partial charge in [-0.1, -0.05) is 0 Å². The number of aliphatic hydroxyl groups is 1. The molecule has 1 aliphatic heterocycles. The van der Waals surface area contributed by atoms with E-state index in [-0.39, 0.29) is 0 Å². The summed E-state index contributed by atoms with van der Waals surface area (Å²) in [5.74, 6) is 0. The van der Waals surface area contributed by atoms with E-state index in [2.05, 4.69) is 23.8 Å². The van der Waals surface area contributed by atoms with Crippen LogP contribution in [0.2, 0.25) is 0 Å². The summed E-state index contributed by atoms with van der Waals surface area (Å²) in [5, 5.41) is 9.20. The summed E-state index contributed by atoms with van der Waals surface area (Å²) in [4.78, 5) is 4.85. The molecule has 0 radical (unpaired) electrons. The van der Waals surface area contributed by atoms with Gasteiger partial charge in [-0.3, -0.25) is 9.80 Å². The Morgan fingerprint density at radius 1 is 1.31 bits per heavy atom. The van der Waals surface area contributed by atoms with E-state index in [0.29, 0.717) is 18.7 Å². The second-order valence-corrected chi connectivity index (χ2v) is 4.55. The van der Waals surface area contributed by atoms with Crippen LogP contribution in [0.4, 0.5) is 0 Å². The summed E-state index contributed by atoms with van der Waals surface area (Å²) in [6.45, 7) is 4.75. The van der Waals surface area contributed by atoms with E-state index in [1.54, 1.807) is 0 Å². The van der Waals surface area contributed by atoms with E-state index in [0.717, 1.165) is 19.1 Å². The van der Waals surface area contributed by atoms with Gasteiger partial charge < -0.3 is 5.11 Å². The van der Waals surface area contributed by atoms with Crippen LogP contribution >= 0.6 is 0 Å². The molecule has 76 valence electrons. The smallest absolute Gasteiger partial charge is 0.0599 e. The Hall–Kier alpha value is -0.120. The number of piperazine rings is 1. The standard InChI is InChI=1S/C10H20N2O/c1-8-5-11(2)10(7-13)6-12(8)9-3-4-9/h8-10,13H,3-7H2,1-2H3. The third kappa shape index (κ3) is 1.87. The fraction of sp³-hybridized carbons (Fsp3) is 1.00. The van der Waals surface area contributed by atoms with Crippen molar-refractivity contribution in [2.45, 2.75) is 37.9 Å². The number of nitrogens with zero attached hydrogens (tertiary/aromatic N) is 2. The van der Waals surface area contributed by atoms with E-state index in [9.17, 15) is 5.11 Å². The van der Waals surface area contributed by atoms with Crippen LogP contribution in [-0.4, -0.2) is 59.8 Å². The monoisotopic (exact) mass is 184 g/mol. The van der Waals surface area contributed by atoms with E-state index in [1.165, 1.54) is 12.8 Å². The fourth-order valence-electron chi connectivity index (χ4n) is 2.35. The minimum Gasteiger partial charge on any atom is -0.395 e. The molecule has 0 bridgehead atoms. The molecule has 2 unspecified atom stereocenters. The molecule has 0 spiro atoms. The summed E-state index contributed by atoms with van der Waals surface area (Å²) in [7, 11) is 2.11. The van der Waals surface area contributed by atoms with Crippen molar-refractivity contribution in [3.63, 3.8) is 0 Å². The van der Waals surface area contributed by atoms with Crippen molar-refractivity contribution in [3.05, 3.63) is 0 Å². The molecule has 1 saturated carbocycles. The van der Waals surface area contributed by atoms with Crippen LogP contribution in [0.1, 0.15) is 19.8 Å². The van der Waals surface area contributed by atoms with Gasteiger partial charge in [-0.2, -0.15) is 0 Å². The summed E-state index contributed by atoms with van der Waals surface area (Å²) < 4.78 is 0. The lowest BCUT2D eigenvalue weighted by molar-refractivity contribution is 0.0206. The Labute approximate surface area is 80.3 Å². The lowest BCUT2D eigenvalue weighted by atomic mass is 10.1. The van der Waals surface area contributed by atoms with Gasteiger partial charge in [0.2, 0.25) is 0 Å². The highest BCUT2D eigenvalue weighted by Crippen LogP contribution is 2.31. The normalized spacial score (nSPS) is 38.1. The van der Waals surface area contributed by atoms with Gasteiger partial charge in [0.05, 0.1) is 6.61 Å². The van der Waals surface area contributed by atoms with E-state index in [4.69, 9.17) is 0 Å². The highest BCUT2D eigenvalue weighted by molar-refractivity contribution is 4.94.